The summed E-state index contributed by atoms with van der Waals surface area (Å²) in [5, 5.41) is 0. The average molecular weight is 368 g/mol. The molecule has 4 aromatic rings. The fourth-order valence-electron chi connectivity index (χ4n) is 2.78. The Kier molecular flexibility index (Phi) is 4.93. The molecule has 0 fully saturated rings. The van der Waals surface area contributed by atoms with Crippen molar-refractivity contribution in [2.45, 2.75) is 6.92 Å². The first kappa shape index (κ1) is 17.6. The molecule has 0 aliphatic carbocycles. The predicted octanol–water partition coefficient (Wildman–Crippen LogP) is 6.22. The molecule has 28 heavy (non-hydrogen) atoms. The van der Waals surface area contributed by atoms with Crippen LogP contribution in [0.25, 0.3) is 11.3 Å². The highest BCUT2D eigenvalue weighted by atomic mass is 16.5. The molecule has 4 nitrogen and oxygen atoms in total. The molecule has 0 saturated heterocycles. The minimum Gasteiger partial charge on any atom is -0.457 e. The minimum absolute atomic E-state index is 0.566. The Balaban J connectivity index is 1.53. The Hall–Kier alpha value is -3.79. The molecule has 0 radical (unpaired) electrons. The van der Waals surface area contributed by atoms with Gasteiger partial charge in [0.2, 0.25) is 5.88 Å². The highest BCUT2D eigenvalue weighted by Crippen LogP contribution is 2.29. The molecule has 1 aromatic heterocycles. The van der Waals surface area contributed by atoms with E-state index in [4.69, 9.17) is 15.2 Å². The Bertz CT molecular complexity index is 1080. The van der Waals surface area contributed by atoms with Crippen LogP contribution in [0.15, 0.2) is 91.0 Å². The van der Waals surface area contributed by atoms with Gasteiger partial charge in [-0.15, -0.1) is 0 Å². The molecule has 2 N–H and O–H groups in total. The van der Waals surface area contributed by atoms with Gasteiger partial charge in [-0.25, -0.2) is 4.98 Å². The maximum atomic E-state index is 6.01. The van der Waals surface area contributed by atoms with E-state index in [1.807, 2.05) is 97.9 Å². The normalized spacial score (nSPS) is 10.5. The Morgan fingerprint density at radius 2 is 1.36 bits per heavy atom. The number of para-hydroxylation sites is 1. The van der Waals surface area contributed by atoms with Crippen molar-refractivity contribution < 1.29 is 9.47 Å². The lowest BCUT2D eigenvalue weighted by atomic mass is 10.1. The van der Waals surface area contributed by atoms with Crippen LogP contribution in [-0.2, 0) is 0 Å². The third-order valence-electron chi connectivity index (χ3n) is 4.25. The standard InChI is InChI=1S/C24H20N2O2/c1-17-10-15-23(18-6-5-7-19(25)16-18)26-24(17)28-22-13-11-21(12-14-22)27-20-8-3-2-4-9-20/h2-16H,25H2,1H3. The summed E-state index contributed by atoms with van der Waals surface area (Å²) in [5.41, 5.74) is 9.32. The molecular weight excluding hydrogens is 348 g/mol. The van der Waals surface area contributed by atoms with Gasteiger partial charge in [-0.3, -0.25) is 0 Å². The fourth-order valence-corrected chi connectivity index (χ4v) is 2.78. The summed E-state index contributed by atoms with van der Waals surface area (Å²) in [6.07, 6.45) is 0. The smallest absolute Gasteiger partial charge is 0.222 e. The first-order chi connectivity index (χ1) is 13.7. The molecule has 0 unspecified atom stereocenters. The molecule has 0 aliphatic heterocycles. The molecule has 0 aliphatic rings. The van der Waals surface area contributed by atoms with Crippen molar-refractivity contribution in [2.75, 3.05) is 5.73 Å². The number of hydrogen-bond donors (Lipinski definition) is 1. The summed E-state index contributed by atoms with van der Waals surface area (Å²) in [5.74, 6) is 2.80. The van der Waals surface area contributed by atoms with Gasteiger partial charge in [0.25, 0.3) is 0 Å². The van der Waals surface area contributed by atoms with Gasteiger partial charge in [0.05, 0.1) is 5.69 Å². The molecule has 0 saturated carbocycles. The molecule has 0 amide bonds. The summed E-state index contributed by atoms with van der Waals surface area (Å²) in [7, 11) is 0. The second kappa shape index (κ2) is 7.84. The number of rotatable bonds is 5. The lowest BCUT2D eigenvalue weighted by molar-refractivity contribution is 0.454. The molecule has 4 heteroatoms. The molecule has 0 spiro atoms. The summed E-state index contributed by atoms with van der Waals surface area (Å²) >= 11 is 0. The number of nitrogens with zero attached hydrogens (tertiary/aromatic N) is 1. The van der Waals surface area contributed by atoms with E-state index in [2.05, 4.69) is 4.98 Å². The second-order valence-corrected chi connectivity index (χ2v) is 6.43. The van der Waals surface area contributed by atoms with Crippen molar-refractivity contribution in [2.24, 2.45) is 0 Å². The number of ether oxygens (including phenoxy) is 2. The van der Waals surface area contributed by atoms with Crippen LogP contribution in [-0.4, -0.2) is 4.98 Å². The fraction of sp³-hybridized carbons (Fsp3) is 0.0417. The van der Waals surface area contributed by atoms with Crippen molar-refractivity contribution in [1.82, 2.24) is 4.98 Å². The topological polar surface area (TPSA) is 57.4 Å². The lowest BCUT2D eigenvalue weighted by Crippen LogP contribution is -1.94. The number of pyridine rings is 1. The highest BCUT2D eigenvalue weighted by molar-refractivity contribution is 5.64. The number of nitrogen functional groups attached to an aromatic ring is 1. The van der Waals surface area contributed by atoms with E-state index in [0.717, 1.165) is 28.3 Å². The van der Waals surface area contributed by atoms with Crippen LogP contribution >= 0.6 is 0 Å². The van der Waals surface area contributed by atoms with Crippen molar-refractivity contribution in [1.29, 1.82) is 0 Å². The lowest BCUT2D eigenvalue weighted by Gasteiger charge is -2.11. The summed E-state index contributed by atoms with van der Waals surface area (Å²) in [6.45, 7) is 1.97. The van der Waals surface area contributed by atoms with Crippen LogP contribution in [0.2, 0.25) is 0 Å². The molecule has 4 rings (SSSR count). The van der Waals surface area contributed by atoms with Crippen LogP contribution in [0.1, 0.15) is 5.56 Å². The van der Waals surface area contributed by atoms with Crippen LogP contribution in [0.4, 0.5) is 5.69 Å². The number of anilines is 1. The molecule has 1 heterocycles. The van der Waals surface area contributed by atoms with Gasteiger partial charge in [0.15, 0.2) is 0 Å². The van der Waals surface area contributed by atoms with Crippen LogP contribution in [0, 0.1) is 6.92 Å². The molecular formula is C24H20N2O2. The van der Waals surface area contributed by atoms with Crippen LogP contribution in [0.5, 0.6) is 23.1 Å². The Morgan fingerprint density at radius 1 is 0.679 bits per heavy atom. The van der Waals surface area contributed by atoms with Crippen molar-refractivity contribution in [3.63, 3.8) is 0 Å². The summed E-state index contributed by atoms with van der Waals surface area (Å²) in [4.78, 5) is 4.66. The minimum atomic E-state index is 0.566. The zero-order valence-corrected chi connectivity index (χ0v) is 15.5. The summed E-state index contributed by atoms with van der Waals surface area (Å²) < 4.78 is 11.8. The van der Waals surface area contributed by atoms with Gasteiger partial charge in [0.1, 0.15) is 17.2 Å². The number of nitrogens with two attached hydrogens (primary N) is 1. The zero-order valence-electron chi connectivity index (χ0n) is 15.5. The second-order valence-electron chi connectivity index (χ2n) is 6.43. The number of aryl methyl sites for hydroxylation is 1. The summed E-state index contributed by atoms with van der Waals surface area (Å²) in [6, 6.07) is 28.8. The number of aromatic nitrogens is 1. The van der Waals surface area contributed by atoms with E-state index in [1.54, 1.807) is 0 Å². The van der Waals surface area contributed by atoms with Crippen LogP contribution in [0.3, 0.4) is 0 Å². The SMILES string of the molecule is Cc1ccc(-c2cccc(N)c2)nc1Oc1ccc(Oc2ccccc2)cc1. The maximum absolute atomic E-state index is 6.01. The Labute approximate surface area is 164 Å². The number of hydrogen-bond acceptors (Lipinski definition) is 4. The van der Waals surface area contributed by atoms with Crippen molar-refractivity contribution in [3.8, 4) is 34.4 Å². The van der Waals surface area contributed by atoms with Gasteiger partial charge < -0.3 is 15.2 Å². The van der Waals surface area contributed by atoms with Crippen molar-refractivity contribution in [3.05, 3.63) is 96.6 Å². The van der Waals surface area contributed by atoms with Crippen molar-refractivity contribution >= 4 is 5.69 Å². The zero-order chi connectivity index (χ0) is 19.3. The van der Waals surface area contributed by atoms with Gasteiger partial charge in [-0.05, 0) is 61.5 Å². The van der Waals surface area contributed by atoms with Gasteiger partial charge in [-0.2, -0.15) is 0 Å². The van der Waals surface area contributed by atoms with E-state index in [-0.39, 0.29) is 0 Å². The monoisotopic (exact) mass is 368 g/mol. The maximum Gasteiger partial charge on any atom is 0.222 e. The van der Waals surface area contributed by atoms with Crippen LogP contribution < -0.4 is 15.2 Å². The quantitative estimate of drug-likeness (QED) is 0.425. The molecule has 0 bridgehead atoms. The average Bonchev–Trinajstić information content (AvgIpc) is 2.72. The van der Waals surface area contributed by atoms with E-state index in [9.17, 15) is 0 Å². The predicted molar refractivity (Wildman–Crippen MR) is 112 cm³/mol. The highest BCUT2D eigenvalue weighted by Gasteiger charge is 2.08. The van der Waals surface area contributed by atoms with E-state index in [0.29, 0.717) is 17.3 Å². The first-order valence-electron chi connectivity index (χ1n) is 9.02. The first-order valence-corrected chi connectivity index (χ1v) is 9.02. The van der Waals surface area contributed by atoms with Gasteiger partial charge in [0, 0.05) is 16.8 Å². The largest absolute Gasteiger partial charge is 0.457 e. The van der Waals surface area contributed by atoms with E-state index < -0.39 is 0 Å². The Morgan fingerprint density at radius 3 is 2.07 bits per heavy atom. The van der Waals surface area contributed by atoms with E-state index >= 15 is 0 Å². The molecule has 138 valence electrons. The van der Waals surface area contributed by atoms with Gasteiger partial charge in [-0.1, -0.05) is 36.4 Å². The van der Waals surface area contributed by atoms with Gasteiger partial charge >= 0.3 is 0 Å². The molecule has 0 atom stereocenters. The van der Waals surface area contributed by atoms with E-state index in [1.165, 1.54) is 0 Å². The number of benzene rings is 3. The third kappa shape index (κ3) is 4.13. The third-order valence-corrected chi connectivity index (χ3v) is 4.25. The molecule has 3 aromatic carbocycles.